The molecule has 6 heteroatoms. The van der Waals surface area contributed by atoms with Gasteiger partial charge in [0.25, 0.3) is 0 Å². The summed E-state index contributed by atoms with van der Waals surface area (Å²) in [6.45, 7) is 1.65. The van der Waals surface area contributed by atoms with Crippen LogP contribution in [0, 0.1) is 0 Å². The van der Waals surface area contributed by atoms with E-state index in [1.54, 1.807) is 6.20 Å². The Balaban J connectivity index is 2.01. The summed E-state index contributed by atoms with van der Waals surface area (Å²) in [6, 6.07) is 0. The number of rotatable bonds is 2. The fourth-order valence-corrected chi connectivity index (χ4v) is 2.33. The zero-order chi connectivity index (χ0) is 12.5. The lowest BCUT2D eigenvalue weighted by molar-refractivity contribution is 0.145. The lowest BCUT2D eigenvalue weighted by atomic mass is 10.1. The number of aliphatic hydroxyl groups is 1. The first kappa shape index (κ1) is 11.3. The summed E-state index contributed by atoms with van der Waals surface area (Å²) in [7, 11) is 1.86. The van der Waals surface area contributed by atoms with Crippen molar-refractivity contribution in [1.29, 1.82) is 0 Å². The molecule has 96 valence electrons. The van der Waals surface area contributed by atoms with Crippen LogP contribution in [0.5, 0.6) is 0 Å². The van der Waals surface area contributed by atoms with Gasteiger partial charge in [-0.25, -0.2) is 9.97 Å². The number of imidazole rings is 1. The van der Waals surface area contributed by atoms with E-state index in [2.05, 4.69) is 20.2 Å². The van der Waals surface area contributed by atoms with E-state index in [-0.39, 0.29) is 6.10 Å². The SMILES string of the molecule is CNc1cn2ccnc2c(N2CCC(O)CC2)n1. The van der Waals surface area contributed by atoms with Crippen LogP contribution in [-0.4, -0.2) is 45.7 Å². The van der Waals surface area contributed by atoms with Crippen molar-refractivity contribution in [2.75, 3.05) is 30.4 Å². The topological polar surface area (TPSA) is 65.7 Å². The molecule has 2 N–H and O–H groups in total. The van der Waals surface area contributed by atoms with Gasteiger partial charge in [-0.05, 0) is 12.8 Å². The van der Waals surface area contributed by atoms with Crippen LogP contribution in [0.15, 0.2) is 18.6 Å². The van der Waals surface area contributed by atoms with Crippen LogP contribution < -0.4 is 10.2 Å². The minimum absolute atomic E-state index is 0.176. The Labute approximate surface area is 105 Å². The van der Waals surface area contributed by atoms with Crippen molar-refractivity contribution in [3.63, 3.8) is 0 Å². The van der Waals surface area contributed by atoms with E-state index in [1.807, 2.05) is 23.8 Å². The molecule has 0 aromatic carbocycles. The average Bonchev–Trinajstić information content (AvgIpc) is 2.86. The van der Waals surface area contributed by atoms with Gasteiger partial charge in [0.05, 0.1) is 12.3 Å². The molecule has 1 fully saturated rings. The van der Waals surface area contributed by atoms with Crippen molar-refractivity contribution >= 4 is 17.3 Å². The minimum atomic E-state index is -0.176. The largest absolute Gasteiger partial charge is 0.393 e. The van der Waals surface area contributed by atoms with Gasteiger partial charge in [-0.2, -0.15) is 0 Å². The maximum atomic E-state index is 9.57. The third-order valence-electron chi connectivity index (χ3n) is 3.38. The molecular formula is C12H17N5O. The second-order valence-electron chi connectivity index (χ2n) is 4.58. The maximum Gasteiger partial charge on any atom is 0.180 e. The highest BCUT2D eigenvalue weighted by Crippen LogP contribution is 2.23. The predicted molar refractivity (Wildman–Crippen MR) is 70.0 cm³/mol. The molecule has 1 saturated heterocycles. The quantitative estimate of drug-likeness (QED) is 0.819. The average molecular weight is 247 g/mol. The molecule has 6 nitrogen and oxygen atoms in total. The molecular weight excluding hydrogens is 230 g/mol. The van der Waals surface area contributed by atoms with Crippen molar-refractivity contribution in [1.82, 2.24) is 14.4 Å². The summed E-state index contributed by atoms with van der Waals surface area (Å²) in [5.41, 5.74) is 0.866. The molecule has 2 aromatic heterocycles. The molecule has 3 heterocycles. The van der Waals surface area contributed by atoms with E-state index in [0.29, 0.717) is 0 Å². The lowest BCUT2D eigenvalue weighted by Gasteiger charge is -2.30. The number of anilines is 2. The molecule has 0 amide bonds. The summed E-state index contributed by atoms with van der Waals surface area (Å²) >= 11 is 0. The third kappa shape index (κ3) is 1.88. The highest BCUT2D eigenvalue weighted by molar-refractivity contribution is 5.66. The summed E-state index contributed by atoms with van der Waals surface area (Å²) < 4.78 is 1.97. The second-order valence-corrected chi connectivity index (χ2v) is 4.58. The van der Waals surface area contributed by atoms with Crippen LogP contribution in [0.4, 0.5) is 11.6 Å². The van der Waals surface area contributed by atoms with Gasteiger partial charge in [0.1, 0.15) is 5.82 Å². The molecule has 0 radical (unpaired) electrons. The normalized spacial score (nSPS) is 17.3. The van der Waals surface area contributed by atoms with Crippen LogP contribution >= 0.6 is 0 Å². The van der Waals surface area contributed by atoms with Gasteiger partial charge in [-0.15, -0.1) is 0 Å². The molecule has 0 spiro atoms. The molecule has 18 heavy (non-hydrogen) atoms. The minimum Gasteiger partial charge on any atom is -0.393 e. The van der Waals surface area contributed by atoms with Crippen molar-refractivity contribution in [3.05, 3.63) is 18.6 Å². The van der Waals surface area contributed by atoms with Gasteiger partial charge in [0.15, 0.2) is 11.5 Å². The van der Waals surface area contributed by atoms with Gasteiger partial charge < -0.3 is 19.7 Å². The number of nitrogens with zero attached hydrogens (tertiary/aromatic N) is 4. The Morgan fingerprint density at radius 1 is 1.39 bits per heavy atom. The van der Waals surface area contributed by atoms with Crippen LogP contribution in [0.3, 0.4) is 0 Å². The predicted octanol–water partition coefficient (Wildman–Crippen LogP) is 0.732. The molecule has 0 saturated carbocycles. The first-order valence-electron chi connectivity index (χ1n) is 6.22. The lowest BCUT2D eigenvalue weighted by Crippen LogP contribution is -2.36. The zero-order valence-electron chi connectivity index (χ0n) is 10.4. The highest BCUT2D eigenvalue weighted by Gasteiger charge is 2.21. The molecule has 0 aliphatic carbocycles. The Hall–Kier alpha value is -1.82. The molecule has 1 aliphatic rings. The zero-order valence-corrected chi connectivity index (χ0v) is 10.4. The van der Waals surface area contributed by atoms with E-state index >= 15 is 0 Å². The molecule has 2 aromatic rings. The number of hydrogen-bond acceptors (Lipinski definition) is 5. The number of nitrogens with one attached hydrogen (secondary N) is 1. The molecule has 3 rings (SSSR count). The molecule has 0 bridgehead atoms. The Morgan fingerprint density at radius 3 is 2.89 bits per heavy atom. The van der Waals surface area contributed by atoms with Crippen molar-refractivity contribution in [3.8, 4) is 0 Å². The third-order valence-corrected chi connectivity index (χ3v) is 3.38. The fourth-order valence-electron chi connectivity index (χ4n) is 2.33. The number of hydrogen-bond donors (Lipinski definition) is 2. The number of aliphatic hydroxyl groups excluding tert-OH is 1. The van der Waals surface area contributed by atoms with E-state index < -0.39 is 0 Å². The first-order chi connectivity index (χ1) is 8.78. The maximum absolute atomic E-state index is 9.57. The first-order valence-corrected chi connectivity index (χ1v) is 6.22. The smallest absolute Gasteiger partial charge is 0.180 e. The van der Waals surface area contributed by atoms with E-state index in [1.165, 1.54) is 0 Å². The van der Waals surface area contributed by atoms with Gasteiger partial charge in [-0.1, -0.05) is 0 Å². The summed E-state index contributed by atoms with van der Waals surface area (Å²) in [4.78, 5) is 11.1. The molecule has 1 aliphatic heterocycles. The monoisotopic (exact) mass is 247 g/mol. The van der Waals surface area contributed by atoms with Gasteiger partial charge >= 0.3 is 0 Å². The van der Waals surface area contributed by atoms with Crippen LogP contribution in [-0.2, 0) is 0 Å². The Bertz CT molecular complexity index is 544. The second kappa shape index (κ2) is 4.45. The van der Waals surface area contributed by atoms with Gasteiger partial charge in [-0.3, -0.25) is 0 Å². The number of fused-ring (bicyclic) bond motifs is 1. The fraction of sp³-hybridized carbons (Fsp3) is 0.500. The van der Waals surface area contributed by atoms with Crippen molar-refractivity contribution < 1.29 is 5.11 Å². The Morgan fingerprint density at radius 2 is 2.17 bits per heavy atom. The van der Waals surface area contributed by atoms with Gasteiger partial charge in [0.2, 0.25) is 0 Å². The summed E-state index contributed by atoms with van der Waals surface area (Å²) in [6.07, 6.45) is 7.02. The van der Waals surface area contributed by atoms with Crippen LogP contribution in [0.25, 0.3) is 5.65 Å². The summed E-state index contributed by atoms with van der Waals surface area (Å²) in [5, 5.41) is 12.6. The van der Waals surface area contributed by atoms with E-state index in [4.69, 9.17) is 0 Å². The van der Waals surface area contributed by atoms with Crippen molar-refractivity contribution in [2.24, 2.45) is 0 Å². The summed E-state index contributed by atoms with van der Waals surface area (Å²) in [5.74, 6) is 1.71. The van der Waals surface area contributed by atoms with E-state index in [9.17, 15) is 5.11 Å². The Kier molecular flexibility index (Phi) is 2.79. The molecule has 0 atom stereocenters. The standard InChI is InChI=1S/C12H17N5O/c1-13-10-8-17-7-4-14-11(17)12(15-10)16-5-2-9(18)3-6-16/h4,7-9,13,18H,2-3,5-6H2,1H3. The van der Waals surface area contributed by atoms with Crippen molar-refractivity contribution in [2.45, 2.75) is 18.9 Å². The highest BCUT2D eigenvalue weighted by atomic mass is 16.3. The molecule has 0 unspecified atom stereocenters. The number of aromatic nitrogens is 3. The van der Waals surface area contributed by atoms with Crippen LogP contribution in [0.1, 0.15) is 12.8 Å². The number of piperidine rings is 1. The van der Waals surface area contributed by atoms with Crippen LogP contribution in [0.2, 0.25) is 0 Å². The van der Waals surface area contributed by atoms with E-state index in [0.717, 1.165) is 43.2 Å². The van der Waals surface area contributed by atoms with Gasteiger partial charge in [0, 0.05) is 32.5 Å².